The van der Waals surface area contributed by atoms with Gasteiger partial charge in [0.1, 0.15) is 0 Å². The molecule has 5 heteroatoms. The predicted octanol–water partition coefficient (Wildman–Crippen LogP) is 1.88. The molecule has 1 aliphatic carbocycles. The molecule has 0 heterocycles. The fourth-order valence-electron chi connectivity index (χ4n) is 1.86. The molecule has 0 aromatic heterocycles. The van der Waals surface area contributed by atoms with Crippen molar-refractivity contribution in [1.82, 2.24) is 0 Å². The molecular formula is C12H18N2O2S. The Kier molecular flexibility index (Phi) is 3.03. The molecule has 1 aliphatic rings. The first-order chi connectivity index (χ1) is 7.88. The molecule has 94 valence electrons. The lowest BCUT2D eigenvalue weighted by Gasteiger charge is -2.16. The molecule has 0 spiro atoms. The Labute approximate surface area is 102 Å². The molecule has 0 aliphatic heterocycles. The Morgan fingerprint density at radius 2 is 2.06 bits per heavy atom. The fraction of sp³-hybridized carbons (Fsp3) is 0.500. The molecule has 1 saturated carbocycles. The minimum atomic E-state index is -3.18. The SMILES string of the molecule is CC(Nc1ccc(S(C)(=O)=O)cc1N)C1CC1. The first kappa shape index (κ1) is 12.2. The molecule has 1 aromatic rings. The summed E-state index contributed by atoms with van der Waals surface area (Å²) in [6, 6.07) is 5.23. The van der Waals surface area contributed by atoms with Crippen LogP contribution in [-0.4, -0.2) is 20.7 Å². The van der Waals surface area contributed by atoms with Crippen LogP contribution in [0.1, 0.15) is 19.8 Å². The average Bonchev–Trinajstić information content (AvgIpc) is 3.02. The van der Waals surface area contributed by atoms with Crippen LogP contribution >= 0.6 is 0 Å². The topological polar surface area (TPSA) is 72.2 Å². The summed E-state index contributed by atoms with van der Waals surface area (Å²) in [6.45, 7) is 2.13. The molecule has 1 aromatic carbocycles. The molecule has 0 saturated heterocycles. The number of nitrogens with one attached hydrogen (secondary N) is 1. The number of benzene rings is 1. The Morgan fingerprint density at radius 1 is 1.41 bits per heavy atom. The minimum Gasteiger partial charge on any atom is -0.397 e. The zero-order valence-electron chi connectivity index (χ0n) is 10.1. The molecule has 0 bridgehead atoms. The van der Waals surface area contributed by atoms with Crippen molar-refractivity contribution in [3.05, 3.63) is 18.2 Å². The van der Waals surface area contributed by atoms with Gasteiger partial charge >= 0.3 is 0 Å². The Balaban J connectivity index is 2.19. The second-order valence-electron chi connectivity index (χ2n) is 4.79. The van der Waals surface area contributed by atoms with Crippen LogP contribution in [0.2, 0.25) is 0 Å². The van der Waals surface area contributed by atoms with Gasteiger partial charge in [0, 0.05) is 12.3 Å². The molecule has 4 nitrogen and oxygen atoms in total. The van der Waals surface area contributed by atoms with Crippen LogP contribution in [0, 0.1) is 5.92 Å². The van der Waals surface area contributed by atoms with Gasteiger partial charge in [0.25, 0.3) is 0 Å². The maximum atomic E-state index is 11.4. The average molecular weight is 254 g/mol. The van der Waals surface area contributed by atoms with Gasteiger partial charge < -0.3 is 11.1 Å². The predicted molar refractivity (Wildman–Crippen MR) is 69.8 cm³/mol. The van der Waals surface area contributed by atoms with Gasteiger partial charge in [-0.25, -0.2) is 8.42 Å². The van der Waals surface area contributed by atoms with E-state index in [4.69, 9.17) is 5.73 Å². The number of sulfone groups is 1. The highest BCUT2D eigenvalue weighted by Crippen LogP contribution is 2.35. The summed E-state index contributed by atoms with van der Waals surface area (Å²) in [6.07, 6.45) is 3.70. The minimum absolute atomic E-state index is 0.264. The normalized spacial score (nSPS) is 17.8. The lowest BCUT2D eigenvalue weighted by molar-refractivity contribution is 0.602. The molecule has 1 fully saturated rings. The molecule has 2 rings (SSSR count). The monoisotopic (exact) mass is 254 g/mol. The second kappa shape index (κ2) is 4.22. The molecule has 3 N–H and O–H groups in total. The van der Waals surface area contributed by atoms with Crippen LogP contribution in [0.3, 0.4) is 0 Å². The summed E-state index contributed by atoms with van der Waals surface area (Å²) in [7, 11) is -3.18. The quantitative estimate of drug-likeness (QED) is 0.805. The van der Waals surface area contributed by atoms with Crippen LogP contribution in [0.5, 0.6) is 0 Å². The first-order valence-electron chi connectivity index (χ1n) is 5.74. The van der Waals surface area contributed by atoms with Gasteiger partial charge in [-0.2, -0.15) is 0 Å². The number of nitrogens with two attached hydrogens (primary N) is 1. The van der Waals surface area contributed by atoms with E-state index in [1.54, 1.807) is 12.1 Å². The van der Waals surface area contributed by atoms with Crippen molar-refractivity contribution in [2.75, 3.05) is 17.3 Å². The van der Waals surface area contributed by atoms with Crippen LogP contribution in [-0.2, 0) is 9.84 Å². The second-order valence-corrected chi connectivity index (χ2v) is 6.81. The van der Waals surface area contributed by atoms with Gasteiger partial charge in [0.2, 0.25) is 0 Å². The van der Waals surface area contributed by atoms with Gasteiger partial charge in [-0.05, 0) is 43.9 Å². The molecule has 17 heavy (non-hydrogen) atoms. The maximum Gasteiger partial charge on any atom is 0.175 e. The maximum absolute atomic E-state index is 11.4. The zero-order chi connectivity index (χ0) is 12.6. The number of hydrogen-bond acceptors (Lipinski definition) is 4. The smallest absolute Gasteiger partial charge is 0.175 e. The highest BCUT2D eigenvalue weighted by atomic mass is 32.2. The summed E-state index contributed by atoms with van der Waals surface area (Å²) in [4.78, 5) is 0.264. The number of hydrogen-bond donors (Lipinski definition) is 2. The van der Waals surface area contributed by atoms with E-state index in [0.29, 0.717) is 11.7 Å². The summed E-state index contributed by atoms with van der Waals surface area (Å²) in [5, 5.41) is 3.33. The third-order valence-electron chi connectivity index (χ3n) is 3.16. The number of anilines is 2. The molecule has 0 radical (unpaired) electrons. The van der Waals surface area contributed by atoms with Crippen molar-refractivity contribution < 1.29 is 8.42 Å². The molecule has 1 atom stereocenters. The van der Waals surface area contributed by atoms with Crippen LogP contribution in [0.4, 0.5) is 11.4 Å². The van der Waals surface area contributed by atoms with Crippen molar-refractivity contribution in [3.63, 3.8) is 0 Å². The van der Waals surface area contributed by atoms with Crippen molar-refractivity contribution in [2.24, 2.45) is 5.92 Å². The third-order valence-corrected chi connectivity index (χ3v) is 4.27. The van der Waals surface area contributed by atoms with Gasteiger partial charge in [-0.1, -0.05) is 0 Å². The van der Waals surface area contributed by atoms with Gasteiger partial charge in [0.05, 0.1) is 16.3 Å². The first-order valence-corrected chi connectivity index (χ1v) is 7.63. The highest BCUT2D eigenvalue weighted by Gasteiger charge is 2.28. The van der Waals surface area contributed by atoms with Crippen molar-refractivity contribution in [2.45, 2.75) is 30.7 Å². The van der Waals surface area contributed by atoms with E-state index in [-0.39, 0.29) is 4.90 Å². The van der Waals surface area contributed by atoms with Crippen molar-refractivity contribution in [3.8, 4) is 0 Å². The lowest BCUT2D eigenvalue weighted by atomic mass is 10.2. The largest absolute Gasteiger partial charge is 0.397 e. The lowest BCUT2D eigenvalue weighted by Crippen LogP contribution is -2.18. The fourth-order valence-corrected chi connectivity index (χ4v) is 2.52. The van der Waals surface area contributed by atoms with E-state index in [1.165, 1.54) is 25.2 Å². The van der Waals surface area contributed by atoms with Crippen molar-refractivity contribution >= 4 is 21.2 Å². The molecular weight excluding hydrogens is 236 g/mol. The summed E-state index contributed by atoms with van der Waals surface area (Å²) in [5.74, 6) is 0.726. The highest BCUT2D eigenvalue weighted by molar-refractivity contribution is 7.90. The summed E-state index contributed by atoms with van der Waals surface area (Å²) >= 11 is 0. The van der Waals surface area contributed by atoms with E-state index >= 15 is 0 Å². The number of rotatable bonds is 4. The van der Waals surface area contributed by atoms with Gasteiger partial charge in [-0.15, -0.1) is 0 Å². The number of nitrogen functional groups attached to an aromatic ring is 1. The van der Waals surface area contributed by atoms with Crippen molar-refractivity contribution in [1.29, 1.82) is 0 Å². The van der Waals surface area contributed by atoms with E-state index in [9.17, 15) is 8.42 Å². The molecule has 0 amide bonds. The van der Waals surface area contributed by atoms with Crippen LogP contribution in [0.15, 0.2) is 23.1 Å². The van der Waals surface area contributed by atoms with Crippen LogP contribution < -0.4 is 11.1 Å². The third kappa shape index (κ3) is 2.91. The van der Waals surface area contributed by atoms with Crippen LogP contribution in [0.25, 0.3) is 0 Å². The standard InChI is InChI=1S/C12H18N2O2S/c1-8(9-3-4-9)14-12-6-5-10(7-11(12)13)17(2,15)16/h5-9,14H,3-4,13H2,1-2H3. The summed E-state index contributed by atoms with van der Waals surface area (Å²) < 4.78 is 22.7. The zero-order valence-corrected chi connectivity index (χ0v) is 10.9. The summed E-state index contributed by atoms with van der Waals surface area (Å²) in [5.41, 5.74) is 7.16. The Hall–Kier alpha value is -1.23. The van der Waals surface area contributed by atoms with Gasteiger partial charge in [-0.3, -0.25) is 0 Å². The van der Waals surface area contributed by atoms with E-state index in [2.05, 4.69) is 12.2 Å². The van der Waals surface area contributed by atoms with E-state index in [0.717, 1.165) is 11.6 Å². The Bertz CT molecular complexity index is 521. The van der Waals surface area contributed by atoms with Gasteiger partial charge in [0.15, 0.2) is 9.84 Å². The van der Waals surface area contributed by atoms with E-state index < -0.39 is 9.84 Å². The van der Waals surface area contributed by atoms with E-state index in [1.807, 2.05) is 0 Å². The molecule has 1 unspecified atom stereocenters. The Morgan fingerprint density at radius 3 is 2.53 bits per heavy atom.